The van der Waals surface area contributed by atoms with Crippen LogP contribution in [0.25, 0.3) is 72.8 Å². The van der Waals surface area contributed by atoms with Crippen LogP contribution >= 0.6 is 18.0 Å². The Hall–Kier alpha value is -7.10. The molecular formula is C62H53N2OPS. The van der Waals surface area contributed by atoms with Crippen molar-refractivity contribution < 1.29 is 4.57 Å². The maximum Gasteiger partial charge on any atom is 0.320 e. The molecule has 0 bridgehead atoms. The van der Waals surface area contributed by atoms with E-state index < -0.39 is 6.65 Å². The van der Waals surface area contributed by atoms with Crippen LogP contribution in [-0.2, 0) is 4.57 Å². The molecule has 0 aliphatic carbocycles. The van der Waals surface area contributed by atoms with Crippen LogP contribution in [0.2, 0.25) is 0 Å². The minimum Gasteiger partial charge on any atom is -0.293 e. The van der Waals surface area contributed by atoms with Crippen molar-refractivity contribution in [2.75, 3.05) is 9.34 Å². The van der Waals surface area contributed by atoms with Gasteiger partial charge in [-0.15, -0.1) is 0 Å². The van der Waals surface area contributed by atoms with Crippen molar-refractivity contribution >= 4 is 35.5 Å². The lowest BCUT2D eigenvalue weighted by atomic mass is 9.90. The summed E-state index contributed by atoms with van der Waals surface area (Å²) in [6, 6.07) is 83.2. The van der Waals surface area contributed by atoms with Gasteiger partial charge in [-0.25, -0.2) is 0 Å². The number of rotatable bonds is 12. The number of nitrogens with zero attached hydrogens (tertiary/aromatic N) is 2. The molecule has 9 aromatic rings. The van der Waals surface area contributed by atoms with Crippen LogP contribution in [0, 0.1) is 0 Å². The zero-order chi connectivity index (χ0) is 45.7. The van der Waals surface area contributed by atoms with Gasteiger partial charge in [-0.2, -0.15) is 0 Å². The summed E-state index contributed by atoms with van der Waals surface area (Å²) < 4.78 is 22.6. The quantitative estimate of drug-likeness (QED) is 0.114. The van der Waals surface area contributed by atoms with Crippen LogP contribution in [0.3, 0.4) is 0 Å². The predicted octanol–water partition coefficient (Wildman–Crippen LogP) is 17.7. The second kappa shape index (κ2) is 19.4. The molecule has 3 atom stereocenters. The highest BCUT2D eigenvalue weighted by Crippen LogP contribution is 2.76. The summed E-state index contributed by atoms with van der Waals surface area (Å²) in [6.07, 6.45) is 4.38. The molecule has 1 heterocycles. The van der Waals surface area contributed by atoms with E-state index in [1.165, 1.54) is 0 Å². The van der Waals surface area contributed by atoms with Gasteiger partial charge in [-0.1, -0.05) is 224 Å². The molecule has 0 N–H and O–H groups in total. The Morgan fingerprint density at radius 1 is 0.403 bits per heavy atom. The van der Waals surface area contributed by atoms with E-state index in [2.05, 4.69) is 273 Å². The third-order valence-electron chi connectivity index (χ3n) is 12.9. The first kappa shape index (κ1) is 43.8. The van der Waals surface area contributed by atoms with Gasteiger partial charge in [0.25, 0.3) is 0 Å². The zero-order valence-corrected chi connectivity index (χ0v) is 39.8. The fraction of sp³-hybridized carbons (Fsp3) is 0.0968. The summed E-state index contributed by atoms with van der Waals surface area (Å²) in [6.45, 7) is 2.99. The number of hydrogen-bond acceptors (Lipinski definition) is 2. The van der Waals surface area contributed by atoms with Crippen molar-refractivity contribution in [1.29, 1.82) is 0 Å². The summed E-state index contributed by atoms with van der Waals surface area (Å²) in [5, 5.41) is -0.138. The summed E-state index contributed by atoms with van der Waals surface area (Å²) in [4.78, 5) is 0. The van der Waals surface area contributed by atoms with Gasteiger partial charge in [-0.05, 0) is 106 Å². The molecule has 1 unspecified atom stereocenters. The minimum absolute atomic E-state index is 0.138. The summed E-state index contributed by atoms with van der Waals surface area (Å²) in [5.74, 6) is 0. The lowest BCUT2D eigenvalue weighted by molar-refractivity contribution is 0.584. The minimum atomic E-state index is -3.76. The van der Waals surface area contributed by atoms with Gasteiger partial charge in [0.2, 0.25) is 0 Å². The average Bonchev–Trinajstić information content (AvgIpc) is 3.58. The maximum atomic E-state index is 17.9. The fourth-order valence-corrected chi connectivity index (χ4v) is 16.2. The molecule has 1 aliphatic rings. The summed E-state index contributed by atoms with van der Waals surface area (Å²) in [5.41, 5.74) is 16.0. The molecule has 9 aromatic carbocycles. The molecule has 0 saturated carbocycles. The Bertz CT molecular complexity index is 2860. The first-order chi connectivity index (χ1) is 32.9. The van der Waals surface area contributed by atoms with Crippen LogP contribution in [0.4, 0.5) is 11.4 Å². The van der Waals surface area contributed by atoms with Crippen molar-refractivity contribution in [2.45, 2.75) is 38.1 Å². The van der Waals surface area contributed by atoms with Crippen LogP contribution in [0.1, 0.15) is 26.3 Å². The van der Waals surface area contributed by atoms with Crippen molar-refractivity contribution in [3.8, 4) is 66.8 Å². The first-order valence-corrected chi connectivity index (χ1v) is 26.3. The van der Waals surface area contributed by atoms with Crippen LogP contribution in [0.5, 0.6) is 0 Å². The van der Waals surface area contributed by atoms with E-state index in [0.29, 0.717) is 0 Å². The monoisotopic (exact) mass is 904 g/mol. The molecule has 1 aliphatic heterocycles. The number of benzene rings is 9. The van der Waals surface area contributed by atoms with E-state index in [0.717, 1.165) is 83.7 Å². The Labute approximate surface area is 400 Å². The molecule has 1 saturated heterocycles. The van der Waals surface area contributed by atoms with Gasteiger partial charge < -0.3 is 0 Å². The molecule has 1 fully saturated rings. The fourth-order valence-electron chi connectivity index (χ4n) is 9.51. The normalized spacial score (nSPS) is 16.0. The Morgan fingerprint density at radius 3 is 0.970 bits per heavy atom. The average molecular weight is 905 g/mol. The second-order valence-electron chi connectivity index (χ2n) is 17.3. The van der Waals surface area contributed by atoms with Crippen molar-refractivity contribution in [3.05, 3.63) is 248 Å². The number of anilines is 2. The molecule has 67 heavy (non-hydrogen) atoms. The van der Waals surface area contributed by atoms with Gasteiger partial charge in [0.15, 0.2) is 0 Å². The Morgan fingerprint density at radius 2 is 0.672 bits per heavy atom. The van der Waals surface area contributed by atoms with Crippen molar-refractivity contribution in [3.63, 3.8) is 0 Å². The summed E-state index contributed by atoms with van der Waals surface area (Å²) >= 11 is 1.58. The van der Waals surface area contributed by atoms with Crippen LogP contribution in [0.15, 0.2) is 243 Å². The SMILES string of the molecule is CC(/C=C/c1ccccc1)SP1(=O)N(c2c(-c3ccccc3)cc(-c3ccccc3)cc2-c2ccccc2)[C@H](C)[C@@H](C)N1c1c(-c2ccccc2)cc(-c2ccccc2)cc1-c1ccccc1. The van der Waals surface area contributed by atoms with Gasteiger partial charge >= 0.3 is 6.65 Å². The molecule has 0 amide bonds. The Kier molecular flexibility index (Phi) is 12.7. The van der Waals surface area contributed by atoms with E-state index in [1.54, 1.807) is 11.4 Å². The second-order valence-corrected chi connectivity index (χ2v) is 22.1. The first-order valence-electron chi connectivity index (χ1n) is 23.2. The topological polar surface area (TPSA) is 23.6 Å². The third-order valence-corrected chi connectivity index (χ3v) is 18.8. The zero-order valence-electron chi connectivity index (χ0n) is 38.1. The third kappa shape index (κ3) is 8.84. The van der Waals surface area contributed by atoms with E-state index in [-0.39, 0.29) is 17.3 Å². The lowest BCUT2D eigenvalue weighted by Gasteiger charge is -2.38. The molecule has 0 spiro atoms. The van der Waals surface area contributed by atoms with Crippen molar-refractivity contribution in [2.24, 2.45) is 0 Å². The molecule has 5 heteroatoms. The largest absolute Gasteiger partial charge is 0.320 e. The van der Waals surface area contributed by atoms with E-state index in [1.807, 2.05) is 6.07 Å². The highest BCUT2D eigenvalue weighted by molar-refractivity contribution is 8.59. The van der Waals surface area contributed by atoms with E-state index >= 15 is 4.57 Å². The molecule has 0 radical (unpaired) electrons. The van der Waals surface area contributed by atoms with E-state index in [9.17, 15) is 0 Å². The summed E-state index contributed by atoms with van der Waals surface area (Å²) in [7, 11) is 0. The van der Waals surface area contributed by atoms with Gasteiger partial charge in [0.1, 0.15) is 0 Å². The molecular weight excluding hydrogens is 852 g/mol. The van der Waals surface area contributed by atoms with Gasteiger partial charge in [0, 0.05) is 27.5 Å². The van der Waals surface area contributed by atoms with Crippen molar-refractivity contribution in [1.82, 2.24) is 0 Å². The van der Waals surface area contributed by atoms with Gasteiger partial charge in [0.05, 0.1) is 23.5 Å². The molecule has 3 nitrogen and oxygen atoms in total. The highest BCUT2D eigenvalue weighted by atomic mass is 32.7. The van der Waals surface area contributed by atoms with Gasteiger partial charge in [-0.3, -0.25) is 13.9 Å². The Balaban J connectivity index is 1.29. The van der Waals surface area contributed by atoms with Crippen LogP contribution in [-0.4, -0.2) is 17.3 Å². The predicted molar refractivity (Wildman–Crippen MR) is 290 cm³/mol. The van der Waals surface area contributed by atoms with Crippen LogP contribution < -0.4 is 9.34 Å². The molecule has 0 aromatic heterocycles. The molecule has 328 valence electrons. The standard InChI is InChI=1S/C62H53N2OPS/c1-45(39-40-48-25-11-4-12-26-48)67-66(65)63(61-57(51-31-17-7-18-32-51)41-55(49-27-13-5-14-28-49)42-58(61)52-33-19-8-20-34-52)46(2)47(3)64(66)62-59(53-35-21-9-22-36-53)43-56(50-29-15-6-16-30-50)44-60(62)54-37-23-10-24-38-54/h4-47H,1-3H3/b40-39+/t45?,46-,47-/m1/s1. The maximum absolute atomic E-state index is 17.9. The lowest BCUT2D eigenvalue weighted by Crippen LogP contribution is -2.33. The molecule has 10 rings (SSSR count). The smallest absolute Gasteiger partial charge is 0.293 e. The van der Waals surface area contributed by atoms with E-state index in [4.69, 9.17) is 0 Å². The highest BCUT2D eigenvalue weighted by Gasteiger charge is 2.55. The number of hydrogen-bond donors (Lipinski definition) is 0.